The molecule has 0 aliphatic heterocycles. The minimum Gasteiger partial charge on any atom is -0.480 e. The fourth-order valence-corrected chi connectivity index (χ4v) is 2.83. The van der Waals surface area contributed by atoms with Crippen LogP contribution in [0.15, 0.2) is 54.6 Å². The third-order valence-electron chi connectivity index (χ3n) is 4.39. The van der Waals surface area contributed by atoms with Gasteiger partial charge in [0.15, 0.2) is 0 Å². The average molecular weight is 414 g/mol. The summed E-state index contributed by atoms with van der Waals surface area (Å²) in [4.78, 5) is 36.2. The summed E-state index contributed by atoms with van der Waals surface area (Å²) in [5.41, 5.74) is 2.47. The van der Waals surface area contributed by atoms with Crippen molar-refractivity contribution >= 4 is 18.0 Å². The molecule has 2 amide bonds. The van der Waals surface area contributed by atoms with Gasteiger partial charge in [0.2, 0.25) is 5.91 Å². The van der Waals surface area contributed by atoms with E-state index in [1.54, 1.807) is 36.4 Å². The second-order valence-corrected chi connectivity index (χ2v) is 7.02. The van der Waals surface area contributed by atoms with Gasteiger partial charge in [-0.25, -0.2) is 9.59 Å². The number of carbonyl (C=O) groups is 3. The van der Waals surface area contributed by atoms with Gasteiger partial charge in [-0.3, -0.25) is 4.79 Å². The summed E-state index contributed by atoms with van der Waals surface area (Å²) in [6.45, 7) is 3.19. The Hall–Kier alpha value is -3.39. The molecular formula is C22H26N2O6. The van der Waals surface area contributed by atoms with Crippen molar-refractivity contribution in [3.8, 4) is 0 Å². The highest BCUT2D eigenvalue weighted by molar-refractivity contribution is 5.89. The van der Waals surface area contributed by atoms with E-state index in [-0.39, 0.29) is 13.0 Å². The first-order valence-corrected chi connectivity index (χ1v) is 9.50. The Kier molecular flexibility index (Phi) is 8.37. The number of carbonyl (C=O) groups excluding carboxylic acids is 2. The zero-order valence-electron chi connectivity index (χ0n) is 16.9. The zero-order valence-corrected chi connectivity index (χ0v) is 16.9. The summed E-state index contributed by atoms with van der Waals surface area (Å²) in [6.07, 6.45) is -2.10. The molecule has 0 fully saturated rings. The zero-order chi connectivity index (χ0) is 22.1. The highest BCUT2D eigenvalue weighted by Gasteiger charge is 2.30. The fraction of sp³-hybridized carbons (Fsp3) is 0.318. The molecule has 0 spiro atoms. The highest BCUT2D eigenvalue weighted by atomic mass is 16.5. The second-order valence-electron chi connectivity index (χ2n) is 7.02. The van der Waals surface area contributed by atoms with Crippen LogP contribution in [0.4, 0.5) is 4.79 Å². The number of carboxylic acid groups (broad SMARTS) is 1. The molecule has 3 atom stereocenters. The molecular weight excluding hydrogens is 388 g/mol. The number of hydrogen-bond donors (Lipinski definition) is 4. The molecule has 0 unspecified atom stereocenters. The quantitative estimate of drug-likeness (QED) is 0.496. The summed E-state index contributed by atoms with van der Waals surface area (Å²) >= 11 is 0. The third kappa shape index (κ3) is 7.21. The van der Waals surface area contributed by atoms with E-state index >= 15 is 0 Å². The van der Waals surface area contributed by atoms with Gasteiger partial charge in [0.1, 0.15) is 18.7 Å². The Morgan fingerprint density at radius 3 is 2.27 bits per heavy atom. The van der Waals surface area contributed by atoms with Crippen LogP contribution in [0.3, 0.4) is 0 Å². The minimum absolute atomic E-state index is 0.00800. The number of amides is 2. The molecule has 0 bridgehead atoms. The van der Waals surface area contributed by atoms with Crippen LogP contribution in [0.5, 0.6) is 0 Å². The number of aliphatic carboxylic acids is 1. The summed E-state index contributed by atoms with van der Waals surface area (Å²) in [6, 6.07) is 13.6. The number of aliphatic hydroxyl groups excluding tert-OH is 1. The molecule has 2 aromatic rings. The van der Waals surface area contributed by atoms with Crippen LogP contribution in [0.1, 0.15) is 23.6 Å². The molecule has 0 aromatic heterocycles. The van der Waals surface area contributed by atoms with Gasteiger partial charge in [0, 0.05) is 6.42 Å². The van der Waals surface area contributed by atoms with Crippen molar-refractivity contribution < 1.29 is 29.3 Å². The smallest absolute Gasteiger partial charge is 0.408 e. The fourth-order valence-electron chi connectivity index (χ4n) is 2.83. The van der Waals surface area contributed by atoms with Crippen LogP contribution in [0.2, 0.25) is 0 Å². The van der Waals surface area contributed by atoms with Gasteiger partial charge in [-0.1, -0.05) is 60.2 Å². The van der Waals surface area contributed by atoms with Crippen molar-refractivity contribution in [1.29, 1.82) is 0 Å². The van der Waals surface area contributed by atoms with Crippen LogP contribution >= 0.6 is 0 Å². The predicted octanol–water partition coefficient (Wildman–Crippen LogP) is 1.78. The van der Waals surface area contributed by atoms with Crippen molar-refractivity contribution in [3.05, 3.63) is 71.3 Å². The third-order valence-corrected chi connectivity index (χ3v) is 4.39. The number of carboxylic acids is 1. The van der Waals surface area contributed by atoms with Gasteiger partial charge in [-0.15, -0.1) is 0 Å². The Labute approximate surface area is 174 Å². The minimum atomic E-state index is -1.37. The van der Waals surface area contributed by atoms with Gasteiger partial charge in [0.05, 0.1) is 6.10 Å². The summed E-state index contributed by atoms with van der Waals surface area (Å²) in [7, 11) is 0. The van der Waals surface area contributed by atoms with Crippen LogP contribution in [-0.4, -0.2) is 46.4 Å². The molecule has 0 aliphatic carbocycles. The van der Waals surface area contributed by atoms with Crippen molar-refractivity contribution in [3.63, 3.8) is 0 Å². The Bertz CT molecular complexity index is 869. The number of aliphatic hydroxyl groups is 1. The lowest BCUT2D eigenvalue weighted by atomic mass is 10.0. The van der Waals surface area contributed by atoms with E-state index in [2.05, 4.69) is 10.6 Å². The Morgan fingerprint density at radius 2 is 1.67 bits per heavy atom. The maximum Gasteiger partial charge on any atom is 0.408 e. The topological polar surface area (TPSA) is 125 Å². The van der Waals surface area contributed by atoms with Crippen LogP contribution < -0.4 is 10.6 Å². The highest BCUT2D eigenvalue weighted by Crippen LogP contribution is 2.08. The van der Waals surface area contributed by atoms with E-state index in [1.165, 1.54) is 6.92 Å². The normalized spacial score (nSPS) is 13.6. The maximum atomic E-state index is 12.6. The second kappa shape index (κ2) is 11.0. The molecule has 0 saturated carbocycles. The monoisotopic (exact) mass is 414 g/mol. The average Bonchev–Trinajstić information content (AvgIpc) is 2.70. The van der Waals surface area contributed by atoms with E-state index < -0.39 is 36.2 Å². The van der Waals surface area contributed by atoms with Crippen molar-refractivity contribution in [2.45, 2.75) is 45.1 Å². The number of rotatable bonds is 9. The van der Waals surface area contributed by atoms with Gasteiger partial charge >= 0.3 is 12.1 Å². The molecule has 2 aromatic carbocycles. The van der Waals surface area contributed by atoms with Crippen LogP contribution in [-0.2, 0) is 27.4 Å². The summed E-state index contributed by atoms with van der Waals surface area (Å²) < 4.78 is 5.06. The SMILES string of the molecule is Cc1cccc(C[C@@H](NC(=O)[C@@H](NC(=O)OCc2ccccc2)[C@@H](C)O)C(=O)O)c1. The van der Waals surface area contributed by atoms with Gasteiger partial charge in [-0.2, -0.15) is 0 Å². The number of nitrogens with one attached hydrogen (secondary N) is 2. The molecule has 8 nitrogen and oxygen atoms in total. The molecule has 160 valence electrons. The van der Waals surface area contributed by atoms with Crippen molar-refractivity contribution in [2.24, 2.45) is 0 Å². The number of ether oxygens (including phenoxy) is 1. The first kappa shape index (κ1) is 22.9. The molecule has 0 saturated heterocycles. The lowest BCUT2D eigenvalue weighted by Crippen LogP contribution is -2.56. The lowest BCUT2D eigenvalue weighted by molar-refractivity contribution is -0.142. The summed E-state index contributed by atoms with van der Waals surface area (Å²) in [5, 5.41) is 24.1. The number of hydrogen-bond acceptors (Lipinski definition) is 5. The first-order valence-electron chi connectivity index (χ1n) is 9.50. The molecule has 4 N–H and O–H groups in total. The molecule has 30 heavy (non-hydrogen) atoms. The maximum absolute atomic E-state index is 12.6. The standard InChI is InChI=1S/C22H26N2O6/c1-14-7-6-10-17(11-14)12-18(21(27)28)23-20(26)19(15(2)25)24-22(29)30-13-16-8-4-3-5-9-16/h3-11,15,18-19,25H,12-13H2,1-2H3,(H,23,26)(H,24,29)(H,27,28)/t15-,18-,19+/m1/s1. The van der Waals surface area contributed by atoms with E-state index in [1.807, 2.05) is 25.1 Å². The lowest BCUT2D eigenvalue weighted by Gasteiger charge is -2.23. The van der Waals surface area contributed by atoms with E-state index in [0.717, 1.165) is 16.7 Å². The van der Waals surface area contributed by atoms with Gasteiger partial charge in [0.25, 0.3) is 0 Å². The van der Waals surface area contributed by atoms with Gasteiger partial charge < -0.3 is 25.6 Å². The molecule has 2 rings (SSSR count). The van der Waals surface area contributed by atoms with Crippen molar-refractivity contribution in [2.75, 3.05) is 0 Å². The number of alkyl carbamates (subject to hydrolysis) is 1. The number of aryl methyl sites for hydroxylation is 1. The summed E-state index contributed by atoms with van der Waals surface area (Å²) in [5.74, 6) is -2.04. The van der Waals surface area contributed by atoms with Crippen LogP contribution in [0.25, 0.3) is 0 Å². The first-order chi connectivity index (χ1) is 14.3. The molecule has 0 radical (unpaired) electrons. The van der Waals surface area contributed by atoms with Gasteiger partial charge in [-0.05, 0) is 25.0 Å². The molecule has 0 heterocycles. The predicted molar refractivity (Wildman–Crippen MR) is 110 cm³/mol. The number of benzene rings is 2. The van der Waals surface area contributed by atoms with E-state index in [9.17, 15) is 24.6 Å². The van der Waals surface area contributed by atoms with E-state index in [4.69, 9.17) is 4.74 Å². The Balaban J connectivity index is 1.98. The van der Waals surface area contributed by atoms with Crippen LogP contribution in [0, 0.1) is 6.92 Å². The molecule has 0 aliphatic rings. The largest absolute Gasteiger partial charge is 0.480 e. The van der Waals surface area contributed by atoms with Crippen molar-refractivity contribution in [1.82, 2.24) is 10.6 Å². The van der Waals surface area contributed by atoms with E-state index in [0.29, 0.717) is 0 Å². The Morgan fingerprint density at radius 1 is 1.00 bits per heavy atom. The molecule has 8 heteroatoms.